The largest absolute Gasteiger partial charge is 0.440 e. The minimum absolute atomic E-state index is 0.242. The van der Waals surface area contributed by atoms with Crippen LogP contribution in [-0.2, 0) is 22.3 Å². The van der Waals surface area contributed by atoms with Gasteiger partial charge in [0.25, 0.3) is 0 Å². The summed E-state index contributed by atoms with van der Waals surface area (Å²) in [6.07, 6.45) is 3.80. The fourth-order valence-electron chi connectivity index (χ4n) is 3.34. The quantitative estimate of drug-likeness (QED) is 0.319. The van der Waals surface area contributed by atoms with Crippen LogP contribution in [0, 0.1) is 0 Å². The van der Waals surface area contributed by atoms with Gasteiger partial charge in [-0.25, -0.2) is 22.7 Å². The molecule has 0 fully saturated rings. The number of benzene rings is 2. The molecule has 0 saturated carbocycles. The van der Waals surface area contributed by atoms with Gasteiger partial charge in [0, 0.05) is 26.2 Å². The molecule has 0 radical (unpaired) electrons. The molecule has 7 nitrogen and oxygen atoms in total. The van der Waals surface area contributed by atoms with E-state index >= 15 is 0 Å². The Balaban J connectivity index is 1.61. The van der Waals surface area contributed by atoms with Crippen LogP contribution in [0.15, 0.2) is 69.2 Å². The van der Waals surface area contributed by atoms with Crippen LogP contribution in [0.5, 0.6) is 0 Å². The third kappa shape index (κ3) is 4.60. The number of sulfonamides is 1. The Morgan fingerprint density at radius 2 is 1.91 bits per heavy atom. The highest BCUT2D eigenvalue weighted by atomic mass is 32.2. The van der Waals surface area contributed by atoms with E-state index in [1.807, 2.05) is 36.4 Å². The Kier molecular flexibility index (Phi) is 6.68. The molecule has 4 rings (SSSR count). The predicted octanol–water partition coefficient (Wildman–Crippen LogP) is 5.03. The number of unbranched alkanes of at least 4 members (excludes halogenated alkanes) is 1. The summed E-state index contributed by atoms with van der Waals surface area (Å²) in [7, 11) is -0.459. The van der Waals surface area contributed by atoms with Crippen LogP contribution in [0.4, 0.5) is 0 Å². The van der Waals surface area contributed by atoms with Gasteiger partial charge in [-0.3, -0.25) is 0 Å². The van der Waals surface area contributed by atoms with Crippen molar-refractivity contribution in [2.45, 2.75) is 42.1 Å². The molecule has 2 heterocycles. The van der Waals surface area contributed by atoms with Crippen LogP contribution in [0.3, 0.4) is 0 Å². The third-order valence-corrected chi connectivity index (χ3v) is 7.91. The molecule has 0 N–H and O–H groups in total. The molecule has 32 heavy (non-hydrogen) atoms. The summed E-state index contributed by atoms with van der Waals surface area (Å²) in [6, 6.07) is 15.0. The lowest BCUT2D eigenvalue weighted by atomic mass is 10.2. The molecule has 168 valence electrons. The molecule has 0 saturated heterocycles. The Hall–Kier alpha value is -2.62. The van der Waals surface area contributed by atoms with Crippen molar-refractivity contribution in [3.63, 3.8) is 0 Å². The van der Waals surface area contributed by atoms with Gasteiger partial charge in [0.1, 0.15) is 0 Å². The number of hydrogen-bond donors (Lipinski definition) is 0. The molecule has 0 aliphatic heterocycles. The topological polar surface area (TPSA) is 81.2 Å². The fourth-order valence-corrected chi connectivity index (χ4v) is 5.16. The lowest BCUT2D eigenvalue weighted by Gasteiger charge is -2.11. The summed E-state index contributed by atoms with van der Waals surface area (Å²) in [5.41, 5.74) is 2.58. The first kappa shape index (κ1) is 22.6. The zero-order chi connectivity index (χ0) is 22.7. The minimum Gasteiger partial charge on any atom is -0.440 e. The van der Waals surface area contributed by atoms with E-state index in [2.05, 4.69) is 16.5 Å². The van der Waals surface area contributed by atoms with Gasteiger partial charge in [-0.1, -0.05) is 55.4 Å². The van der Waals surface area contributed by atoms with Gasteiger partial charge in [-0.2, -0.15) is 0 Å². The Morgan fingerprint density at radius 3 is 2.62 bits per heavy atom. The normalized spacial score (nSPS) is 12.1. The van der Waals surface area contributed by atoms with Crippen molar-refractivity contribution in [1.29, 1.82) is 0 Å². The smallest absolute Gasteiger partial charge is 0.242 e. The van der Waals surface area contributed by atoms with Gasteiger partial charge in [-0.15, -0.1) is 0 Å². The molecule has 0 spiro atoms. The number of nitrogens with zero attached hydrogens (tertiary/aromatic N) is 4. The van der Waals surface area contributed by atoms with Gasteiger partial charge >= 0.3 is 0 Å². The van der Waals surface area contributed by atoms with Crippen molar-refractivity contribution in [2.75, 3.05) is 14.1 Å². The van der Waals surface area contributed by atoms with E-state index in [4.69, 9.17) is 9.40 Å². The maximum atomic E-state index is 12.5. The first-order chi connectivity index (χ1) is 15.4. The summed E-state index contributed by atoms with van der Waals surface area (Å²) < 4.78 is 34.4. The number of aryl methyl sites for hydroxylation is 1. The highest BCUT2D eigenvalue weighted by Crippen LogP contribution is 2.30. The monoisotopic (exact) mass is 470 g/mol. The van der Waals surface area contributed by atoms with E-state index in [0.717, 1.165) is 41.4 Å². The maximum Gasteiger partial charge on any atom is 0.242 e. The number of thioether (sulfide) groups is 1. The molecule has 0 bridgehead atoms. The fraction of sp³-hybridized carbons (Fsp3) is 0.304. The van der Waals surface area contributed by atoms with E-state index in [0.29, 0.717) is 17.2 Å². The van der Waals surface area contributed by atoms with Crippen molar-refractivity contribution in [3.8, 4) is 11.3 Å². The summed E-state index contributed by atoms with van der Waals surface area (Å²) in [5.74, 6) is 1.89. The Bertz CT molecular complexity index is 1310. The lowest BCUT2D eigenvalue weighted by Crippen LogP contribution is -2.22. The standard InChI is InChI=1S/C23H26N4O3S2/c1-4-5-13-27-20-12-11-18(32(28,29)26(2)3)14-19(20)25-23(27)31-16-22-24-15-21(30-22)17-9-7-6-8-10-17/h6-12,14-15H,4-5,13,16H2,1-3H3. The average Bonchev–Trinajstić information content (AvgIpc) is 3.40. The second-order valence-electron chi connectivity index (χ2n) is 7.61. The van der Waals surface area contributed by atoms with Gasteiger partial charge in [0.15, 0.2) is 10.9 Å². The molecular formula is C23H26N4O3S2. The number of oxazole rings is 1. The Labute approximate surface area is 192 Å². The summed E-state index contributed by atoms with van der Waals surface area (Å²) in [6.45, 7) is 2.96. The van der Waals surface area contributed by atoms with E-state index in [-0.39, 0.29) is 4.90 Å². The van der Waals surface area contributed by atoms with Crippen molar-refractivity contribution in [2.24, 2.45) is 0 Å². The molecule has 0 aliphatic rings. The van der Waals surface area contributed by atoms with E-state index < -0.39 is 10.0 Å². The van der Waals surface area contributed by atoms with E-state index in [1.54, 1.807) is 30.1 Å². The molecule has 0 aliphatic carbocycles. The molecule has 2 aromatic heterocycles. The third-order valence-electron chi connectivity index (χ3n) is 5.14. The molecule has 0 amide bonds. The first-order valence-corrected chi connectivity index (χ1v) is 12.9. The second-order valence-corrected chi connectivity index (χ2v) is 10.7. The number of rotatable bonds is 9. The van der Waals surface area contributed by atoms with Gasteiger partial charge in [-0.05, 0) is 24.6 Å². The van der Waals surface area contributed by atoms with E-state index in [9.17, 15) is 8.42 Å². The summed E-state index contributed by atoms with van der Waals surface area (Å²) >= 11 is 1.54. The molecule has 9 heteroatoms. The first-order valence-electron chi connectivity index (χ1n) is 10.5. The number of fused-ring (bicyclic) bond motifs is 1. The van der Waals surface area contributed by atoms with Gasteiger partial charge in [0.05, 0.1) is 27.9 Å². The number of aromatic nitrogens is 3. The van der Waals surface area contributed by atoms with Crippen molar-refractivity contribution in [3.05, 3.63) is 60.6 Å². The zero-order valence-corrected chi connectivity index (χ0v) is 20.0. The van der Waals surface area contributed by atoms with Gasteiger partial charge < -0.3 is 8.98 Å². The maximum absolute atomic E-state index is 12.5. The molecule has 2 aromatic carbocycles. The molecular weight excluding hydrogens is 444 g/mol. The van der Waals surface area contributed by atoms with Crippen molar-refractivity contribution < 1.29 is 12.8 Å². The molecule has 0 atom stereocenters. The number of imidazole rings is 1. The van der Waals surface area contributed by atoms with Crippen LogP contribution in [0.2, 0.25) is 0 Å². The van der Waals surface area contributed by atoms with Gasteiger partial charge in [0.2, 0.25) is 15.9 Å². The van der Waals surface area contributed by atoms with E-state index in [1.165, 1.54) is 18.4 Å². The van der Waals surface area contributed by atoms with Crippen LogP contribution < -0.4 is 0 Å². The number of hydrogen-bond acceptors (Lipinski definition) is 6. The highest BCUT2D eigenvalue weighted by Gasteiger charge is 2.20. The molecule has 0 unspecified atom stereocenters. The van der Waals surface area contributed by atoms with Crippen LogP contribution >= 0.6 is 11.8 Å². The van der Waals surface area contributed by atoms with Crippen LogP contribution in [0.25, 0.3) is 22.4 Å². The second kappa shape index (κ2) is 9.48. The SMILES string of the molecule is CCCCn1c(SCc2ncc(-c3ccccc3)o2)nc2cc(S(=O)(=O)N(C)C)ccc21. The predicted molar refractivity (Wildman–Crippen MR) is 127 cm³/mol. The van der Waals surface area contributed by atoms with Crippen molar-refractivity contribution >= 4 is 32.8 Å². The summed E-state index contributed by atoms with van der Waals surface area (Å²) in [5, 5.41) is 0.826. The van der Waals surface area contributed by atoms with Crippen LogP contribution in [-0.4, -0.2) is 41.4 Å². The highest BCUT2D eigenvalue weighted by molar-refractivity contribution is 7.98. The van der Waals surface area contributed by atoms with Crippen LogP contribution in [0.1, 0.15) is 25.7 Å². The zero-order valence-electron chi connectivity index (χ0n) is 18.4. The lowest BCUT2D eigenvalue weighted by molar-refractivity contribution is 0.521. The molecule has 4 aromatic rings. The Morgan fingerprint density at radius 1 is 1.12 bits per heavy atom. The average molecular weight is 471 g/mol. The minimum atomic E-state index is -3.52. The summed E-state index contributed by atoms with van der Waals surface area (Å²) in [4.78, 5) is 9.40. The van der Waals surface area contributed by atoms with Crippen molar-refractivity contribution in [1.82, 2.24) is 18.8 Å².